The fourth-order valence-corrected chi connectivity index (χ4v) is 5.01. The molecule has 0 fully saturated rings. The number of hydrogen-bond acceptors (Lipinski definition) is 2. The first kappa shape index (κ1) is 21.0. The van der Waals surface area contributed by atoms with Gasteiger partial charge in [0.2, 0.25) is 0 Å². The number of benzene rings is 1. The van der Waals surface area contributed by atoms with Crippen LogP contribution in [0.15, 0.2) is 29.8 Å². The van der Waals surface area contributed by atoms with Crippen LogP contribution in [-0.2, 0) is 10.2 Å². The Kier molecular flexibility index (Phi) is 5.93. The molecule has 0 spiro atoms. The zero-order valence-corrected chi connectivity index (χ0v) is 18.2. The molecule has 1 aromatic rings. The summed E-state index contributed by atoms with van der Waals surface area (Å²) in [4.78, 5) is 11.5. The van der Waals surface area contributed by atoms with Crippen molar-refractivity contribution in [1.82, 2.24) is 0 Å². The van der Waals surface area contributed by atoms with Gasteiger partial charge in [-0.1, -0.05) is 64.7 Å². The van der Waals surface area contributed by atoms with Crippen molar-refractivity contribution in [2.45, 2.75) is 96.5 Å². The molecule has 0 aromatic heterocycles. The molecule has 0 radical (unpaired) electrons. The largest absolute Gasteiger partial charge is 0.487 e. The van der Waals surface area contributed by atoms with E-state index in [2.05, 4.69) is 52.8 Å². The van der Waals surface area contributed by atoms with Gasteiger partial charge in [-0.15, -0.1) is 0 Å². The predicted octanol–water partition coefficient (Wildman–Crippen LogP) is 6.61. The quantitative estimate of drug-likeness (QED) is 0.538. The van der Waals surface area contributed by atoms with Crippen LogP contribution >= 0.6 is 0 Å². The van der Waals surface area contributed by atoms with Gasteiger partial charge in [0.15, 0.2) is 0 Å². The molecule has 154 valence electrons. The molecule has 1 aromatic carbocycles. The first-order chi connectivity index (χ1) is 13.2. The summed E-state index contributed by atoms with van der Waals surface area (Å²) < 4.78 is 6.49. The molecule has 2 atom stereocenters. The Hall–Kier alpha value is -1.77. The minimum atomic E-state index is -0.783. The molecule has 0 saturated heterocycles. The molecule has 1 aliphatic carbocycles. The van der Waals surface area contributed by atoms with Gasteiger partial charge in [-0.3, -0.25) is 0 Å². The third-order valence-corrected chi connectivity index (χ3v) is 6.93. The van der Waals surface area contributed by atoms with E-state index in [0.29, 0.717) is 17.9 Å². The van der Waals surface area contributed by atoms with Crippen molar-refractivity contribution < 1.29 is 14.6 Å². The highest BCUT2D eigenvalue weighted by molar-refractivity contribution is 5.87. The third kappa shape index (κ3) is 4.14. The number of hydrogen-bond donors (Lipinski definition) is 1. The highest BCUT2D eigenvalue weighted by Crippen LogP contribution is 2.52. The molecule has 3 heteroatoms. The van der Waals surface area contributed by atoms with Crippen LogP contribution in [0.3, 0.4) is 0 Å². The van der Waals surface area contributed by atoms with Crippen molar-refractivity contribution in [1.29, 1.82) is 0 Å². The van der Waals surface area contributed by atoms with E-state index in [0.717, 1.165) is 12.2 Å². The van der Waals surface area contributed by atoms with Crippen LogP contribution in [0.25, 0.3) is 0 Å². The van der Waals surface area contributed by atoms with Gasteiger partial charge in [-0.05, 0) is 61.6 Å². The summed E-state index contributed by atoms with van der Waals surface area (Å²) in [6.45, 7) is 11.2. The normalized spacial score (nSPS) is 23.2. The van der Waals surface area contributed by atoms with E-state index in [1.165, 1.54) is 43.2 Å². The highest BCUT2D eigenvalue weighted by Gasteiger charge is 2.45. The van der Waals surface area contributed by atoms with E-state index in [1.54, 1.807) is 0 Å². The van der Waals surface area contributed by atoms with Crippen LogP contribution in [0.1, 0.15) is 96.6 Å². The van der Waals surface area contributed by atoms with E-state index in [4.69, 9.17) is 4.74 Å². The molecular weight excluding hydrogens is 348 g/mol. The summed E-state index contributed by atoms with van der Waals surface area (Å²) >= 11 is 0. The SMILES string of the molecule is CCCCCCC(C)(C)c1ccc2c(c1)OC(C)(C)C1CC=C(C(=O)O)CC21. The first-order valence-electron chi connectivity index (χ1n) is 10.9. The number of carboxylic acids is 1. The molecule has 3 rings (SSSR count). The molecule has 1 aliphatic heterocycles. The van der Waals surface area contributed by atoms with Crippen LogP contribution in [0.4, 0.5) is 0 Å². The van der Waals surface area contributed by atoms with Crippen molar-refractivity contribution >= 4 is 5.97 Å². The lowest BCUT2D eigenvalue weighted by molar-refractivity contribution is -0.133. The average Bonchev–Trinajstić information content (AvgIpc) is 2.64. The number of carbonyl (C=O) groups is 1. The topological polar surface area (TPSA) is 46.5 Å². The van der Waals surface area contributed by atoms with Gasteiger partial charge in [0, 0.05) is 11.5 Å². The summed E-state index contributed by atoms with van der Waals surface area (Å²) in [6, 6.07) is 6.68. The number of fused-ring (bicyclic) bond motifs is 3. The van der Waals surface area contributed by atoms with E-state index < -0.39 is 5.97 Å². The summed E-state index contributed by atoms with van der Waals surface area (Å²) in [5.41, 5.74) is 2.88. The predicted molar refractivity (Wildman–Crippen MR) is 114 cm³/mol. The van der Waals surface area contributed by atoms with Crippen LogP contribution in [-0.4, -0.2) is 16.7 Å². The zero-order valence-electron chi connectivity index (χ0n) is 18.2. The van der Waals surface area contributed by atoms with Crippen molar-refractivity contribution in [3.63, 3.8) is 0 Å². The fourth-order valence-electron chi connectivity index (χ4n) is 5.01. The summed E-state index contributed by atoms with van der Waals surface area (Å²) in [7, 11) is 0. The van der Waals surface area contributed by atoms with Gasteiger partial charge >= 0.3 is 5.97 Å². The summed E-state index contributed by atoms with van der Waals surface area (Å²) in [5.74, 6) is 0.707. The van der Waals surface area contributed by atoms with E-state index in [-0.39, 0.29) is 16.9 Å². The van der Waals surface area contributed by atoms with Crippen molar-refractivity contribution in [3.8, 4) is 5.75 Å². The van der Waals surface area contributed by atoms with Gasteiger partial charge in [0.1, 0.15) is 11.4 Å². The Bertz CT molecular complexity index is 757. The summed E-state index contributed by atoms with van der Waals surface area (Å²) in [5, 5.41) is 9.48. The molecular formula is C25H36O3. The molecule has 1 N–H and O–H groups in total. The smallest absolute Gasteiger partial charge is 0.331 e. The molecule has 0 bridgehead atoms. The Morgan fingerprint density at radius 2 is 2.00 bits per heavy atom. The second-order valence-corrected chi connectivity index (χ2v) is 9.84. The second-order valence-electron chi connectivity index (χ2n) is 9.84. The number of carboxylic acid groups (broad SMARTS) is 1. The van der Waals surface area contributed by atoms with Gasteiger partial charge in [-0.2, -0.15) is 0 Å². The van der Waals surface area contributed by atoms with Crippen molar-refractivity contribution in [2.24, 2.45) is 5.92 Å². The average molecular weight is 385 g/mol. The summed E-state index contributed by atoms with van der Waals surface area (Å²) in [6.07, 6.45) is 9.55. The van der Waals surface area contributed by atoms with Crippen LogP contribution < -0.4 is 4.74 Å². The minimum absolute atomic E-state index is 0.117. The Balaban J connectivity index is 1.87. The lowest BCUT2D eigenvalue weighted by Crippen LogP contribution is -2.45. The lowest BCUT2D eigenvalue weighted by Gasteiger charge is -2.47. The van der Waals surface area contributed by atoms with E-state index >= 15 is 0 Å². The lowest BCUT2D eigenvalue weighted by atomic mass is 9.66. The number of allylic oxidation sites excluding steroid dienone is 1. The molecule has 0 saturated carbocycles. The maximum atomic E-state index is 11.5. The molecule has 0 amide bonds. The van der Waals surface area contributed by atoms with Crippen LogP contribution in [0, 0.1) is 5.92 Å². The molecule has 2 aliphatic rings. The van der Waals surface area contributed by atoms with E-state index in [9.17, 15) is 9.90 Å². The Morgan fingerprint density at radius 1 is 1.25 bits per heavy atom. The monoisotopic (exact) mass is 384 g/mol. The highest BCUT2D eigenvalue weighted by atomic mass is 16.5. The number of aliphatic carboxylic acids is 1. The molecule has 2 unspecified atom stereocenters. The molecule has 1 heterocycles. The maximum absolute atomic E-state index is 11.5. The van der Waals surface area contributed by atoms with Crippen LogP contribution in [0.5, 0.6) is 5.75 Å². The molecule has 3 nitrogen and oxygen atoms in total. The van der Waals surface area contributed by atoms with Crippen LogP contribution in [0.2, 0.25) is 0 Å². The Morgan fingerprint density at radius 3 is 2.68 bits per heavy atom. The zero-order chi connectivity index (χ0) is 20.5. The van der Waals surface area contributed by atoms with Gasteiger partial charge in [0.05, 0.1) is 0 Å². The third-order valence-electron chi connectivity index (χ3n) is 6.93. The number of rotatable bonds is 7. The van der Waals surface area contributed by atoms with Crippen molar-refractivity contribution in [3.05, 3.63) is 41.0 Å². The van der Waals surface area contributed by atoms with Gasteiger partial charge in [0.25, 0.3) is 0 Å². The van der Waals surface area contributed by atoms with Gasteiger partial charge < -0.3 is 9.84 Å². The van der Waals surface area contributed by atoms with E-state index in [1.807, 2.05) is 6.08 Å². The Labute approximate surface area is 170 Å². The fraction of sp³-hybridized carbons (Fsp3) is 0.640. The molecule has 28 heavy (non-hydrogen) atoms. The maximum Gasteiger partial charge on any atom is 0.331 e. The number of unbranched alkanes of at least 4 members (excludes halogenated alkanes) is 3. The van der Waals surface area contributed by atoms with Crippen molar-refractivity contribution in [2.75, 3.05) is 0 Å². The number of ether oxygens (including phenoxy) is 1. The minimum Gasteiger partial charge on any atom is -0.487 e. The second kappa shape index (κ2) is 7.93. The van der Waals surface area contributed by atoms with Gasteiger partial charge in [-0.25, -0.2) is 4.79 Å². The first-order valence-corrected chi connectivity index (χ1v) is 10.9. The standard InChI is InChI=1S/C25H36O3/c1-6-7-8-9-14-24(2,3)18-11-12-19-20-15-17(23(26)27)10-13-21(20)25(4,5)28-22(19)16-18/h10-12,16,20-21H,6-9,13-15H2,1-5H3,(H,26,27).